The first-order chi connectivity index (χ1) is 9.65. The minimum absolute atomic E-state index is 0.0839. The van der Waals surface area contributed by atoms with E-state index in [0.29, 0.717) is 5.56 Å². The second-order valence-electron chi connectivity index (χ2n) is 5.25. The van der Waals surface area contributed by atoms with Gasteiger partial charge in [0.1, 0.15) is 0 Å². The standard InChI is InChI=1S/C15H21F4NO/c1-5-8-20(10(2)3)11(4)12-6-7-14(13(16)9-12)21-15(17,18)19/h6-7,9-11H,5,8H2,1-4H3. The Labute approximate surface area is 122 Å². The topological polar surface area (TPSA) is 12.5 Å². The van der Waals surface area contributed by atoms with Crippen molar-refractivity contribution in [2.24, 2.45) is 0 Å². The van der Waals surface area contributed by atoms with Gasteiger partial charge in [-0.3, -0.25) is 4.90 Å². The van der Waals surface area contributed by atoms with Gasteiger partial charge in [0.2, 0.25) is 0 Å². The van der Waals surface area contributed by atoms with Gasteiger partial charge in [-0.05, 0) is 51.4 Å². The van der Waals surface area contributed by atoms with Gasteiger partial charge in [0.15, 0.2) is 11.6 Å². The van der Waals surface area contributed by atoms with E-state index in [0.717, 1.165) is 25.1 Å². The molecule has 0 radical (unpaired) electrons. The molecule has 1 unspecified atom stereocenters. The molecule has 0 aliphatic rings. The third-order valence-corrected chi connectivity index (χ3v) is 3.31. The highest BCUT2D eigenvalue weighted by atomic mass is 19.4. The molecule has 120 valence electrons. The van der Waals surface area contributed by atoms with E-state index in [1.807, 2.05) is 27.7 Å². The Morgan fingerprint density at radius 3 is 2.24 bits per heavy atom. The second-order valence-corrected chi connectivity index (χ2v) is 5.25. The molecule has 0 saturated carbocycles. The molecule has 0 N–H and O–H groups in total. The minimum Gasteiger partial charge on any atom is -0.403 e. The second kappa shape index (κ2) is 7.11. The van der Waals surface area contributed by atoms with Crippen LogP contribution < -0.4 is 4.74 Å². The summed E-state index contributed by atoms with van der Waals surface area (Å²) in [7, 11) is 0. The van der Waals surface area contributed by atoms with Gasteiger partial charge in [0.25, 0.3) is 0 Å². The zero-order valence-electron chi connectivity index (χ0n) is 12.7. The molecule has 1 atom stereocenters. The highest BCUT2D eigenvalue weighted by Crippen LogP contribution is 2.30. The van der Waals surface area contributed by atoms with Crippen molar-refractivity contribution in [1.82, 2.24) is 4.90 Å². The van der Waals surface area contributed by atoms with Crippen LogP contribution >= 0.6 is 0 Å². The molecule has 1 rings (SSSR count). The molecule has 0 aliphatic carbocycles. The van der Waals surface area contributed by atoms with E-state index in [4.69, 9.17) is 0 Å². The Balaban J connectivity index is 2.96. The van der Waals surface area contributed by atoms with Crippen molar-refractivity contribution in [3.05, 3.63) is 29.6 Å². The third-order valence-electron chi connectivity index (χ3n) is 3.31. The van der Waals surface area contributed by atoms with Crippen molar-refractivity contribution in [2.45, 2.75) is 52.6 Å². The summed E-state index contributed by atoms with van der Waals surface area (Å²) in [6, 6.07) is 3.78. The maximum Gasteiger partial charge on any atom is 0.573 e. The predicted molar refractivity (Wildman–Crippen MR) is 73.6 cm³/mol. The molecule has 21 heavy (non-hydrogen) atoms. The molecule has 6 heteroatoms. The minimum atomic E-state index is -4.89. The molecule has 0 bridgehead atoms. The van der Waals surface area contributed by atoms with Crippen LogP contribution in [0.3, 0.4) is 0 Å². The zero-order valence-corrected chi connectivity index (χ0v) is 12.7. The van der Waals surface area contributed by atoms with E-state index < -0.39 is 17.9 Å². The summed E-state index contributed by atoms with van der Waals surface area (Å²) >= 11 is 0. The molecule has 0 aliphatic heterocycles. The van der Waals surface area contributed by atoms with Crippen LogP contribution in [0.5, 0.6) is 5.75 Å². The van der Waals surface area contributed by atoms with Crippen LogP contribution in [0.1, 0.15) is 45.7 Å². The van der Waals surface area contributed by atoms with Crippen LogP contribution in [0.2, 0.25) is 0 Å². The number of hydrogen-bond donors (Lipinski definition) is 0. The van der Waals surface area contributed by atoms with Crippen LogP contribution in [0.15, 0.2) is 18.2 Å². The van der Waals surface area contributed by atoms with E-state index in [1.54, 1.807) is 0 Å². The average molecular weight is 307 g/mol. The van der Waals surface area contributed by atoms with Gasteiger partial charge < -0.3 is 4.74 Å². The predicted octanol–water partition coefficient (Wildman–Crippen LogP) is 4.91. The van der Waals surface area contributed by atoms with Gasteiger partial charge in [-0.1, -0.05) is 13.0 Å². The summed E-state index contributed by atoms with van der Waals surface area (Å²) in [6.45, 7) is 8.85. The number of ether oxygens (including phenoxy) is 1. The summed E-state index contributed by atoms with van der Waals surface area (Å²) in [4.78, 5) is 2.17. The van der Waals surface area contributed by atoms with Gasteiger partial charge in [-0.2, -0.15) is 0 Å². The molecular formula is C15H21F4NO. The van der Waals surface area contributed by atoms with Gasteiger partial charge >= 0.3 is 6.36 Å². The van der Waals surface area contributed by atoms with E-state index in [9.17, 15) is 17.6 Å². The molecule has 0 saturated heterocycles. The Morgan fingerprint density at radius 2 is 1.81 bits per heavy atom. The van der Waals surface area contributed by atoms with Crippen LogP contribution in [0.25, 0.3) is 0 Å². The number of halogens is 4. The molecule has 2 nitrogen and oxygen atoms in total. The summed E-state index contributed by atoms with van der Waals surface area (Å²) in [5.41, 5.74) is 0.629. The van der Waals surface area contributed by atoms with E-state index in [2.05, 4.69) is 9.64 Å². The van der Waals surface area contributed by atoms with Crippen LogP contribution in [0.4, 0.5) is 17.6 Å². The fourth-order valence-corrected chi connectivity index (χ4v) is 2.33. The summed E-state index contributed by atoms with van der Waals surface area (Å²) in [5, 5.41) is 0. The monoisotopic (exact) mass is 307 g/mol. The first-order valence-electron chi connectivity index (χ1n) is 6.96. The molecule has 0 spiro atoms. The number of nitrogens with zero attached hydrogens (tertiary/aromatic N) is 1. The largest absolute Gasteiger partial charge is 0.573 e. The quantitative estimate of drug-likeness (QED) is 0.693. The fraction of sp³-hybridized carbons (Fsp3) is 0.600. The van der Waals surface area contributed by atoms with Crippen molar-refractivity contribution < 1.29 is 22.3 Å². The number of alkyl halides is 3. The highest BCUT2D eigenvalue weighted by Gasteiger charge is 2.32. The maximum atomic E-state index is 13.7. The Morgan fingerprint density at radius 1 is 1.19 bits per heavy atom. The Bertz CT molecular complexity index is 459. The van der Waals surface area contributed by atoms with Crippen LogP contribution in [-0.4, -0.2) is 23.8 Å². The lowest BCUT2D eigenvalue weighted by atomic mass is 10.0. The summed E-state index contributed by atoms with van der Waals surface area (Å²) in [5.74, 6) is -1.80. The Hall–Kier alpha value is -1.30. The fourth-order valence-electron chi connectivity index (χ4n) is 2.33. The molecule has 0 heterocycles. The summed E-state index contributed by atoms with van der Waals surface area (Å²) in [6.07, 6.45) is -3.94. The lowest BCUT2D eigenvalue weighted by Gasteiger charge is -2.32. The first-order valence-corrected chi connectivity index (χ1v) is 6.96. The lowest BCUT2D eigenvalue weighted by Crippen LogP contribution is -2.34. The van der Waals surface area contributed by atoms with Crippen molar-refractivity contribution in [2.75, 3.05) is 6.54 Å². The molecule has 0 fully saturated rings. The van der Waals surface area contributed by atoms with Gasteiger partial charge in [-0.25, -0.2) is 4.39 Å². The van der Waals surface area contributed by atoms with Crippen molar-refractivity contribution >= 4 is 0 Å². The van der Waals surface area contributed by atoms with E-state index >= 15 is 0 Å². The number of benzene rings is 1. The lowest BCUT2D eigenvalue weighted by molar-refractivity contribution is -0.275. The number of rotatable bonds is 6. The van der Waals surface area contributed by atoms with Gasteiger partial charge in [0.05, 0.1) is 0 Å². The normalized spacial score (nSPS) is 13.8. The summed E-state index contributed by atoms with van der Waals surface area (Å²) < 4.78 is 53.7. The van der Waals surface area contributed by atoms with E-state index in [-0.39, 0.29) is 12.1 Å². The molecule has 1 aromatic rings. The first kappa shape index (κ1) is 17.8. The molecular weight excluding hydrogens is 286 g/mol. The molecule has 0 amide bonds. The van der Waals surface area contributed by atoms with Crippen molar-refractivity contribution in [3.8, 4) is 5.75 Å². The van der Waals surface area contributed by atoms with Crippen LogP contribution in [-0.2, 0) is 0 Å². The Kier molecular flexibility index (Phi) is 6.01. The van der Waals surface area contributed by atoms with Gasteiger partial charge in [-0.15, -0.1) is 13.2 Å². The van der Waals surface area contributed by atoms with Crippen LogP contribution in [0, 0.1) is 5.82 Å². The maximum absolute atomic E-state index is 13.7. The molecule has 1 aromatic carbocycles. The van der Waals surface area contributed by atoms with Gasteiger partial charge in [0, 0.05) is 12.1 Å². The SMILES string of the molecule is CCCN(C(C)C)C(C)c1ccc(OC(F)(F)F)c(F)c1. The van der Waals surface area contributed by atoms with Crippen molar-refractivity contribution in [1.29, 1.82) is 0 Å². The highest BCUT2D eigenvalue weighted by molar-refractivity contribution is 5.31. The smallest absolute Gasteiger partial charge is 0.403 e. The molecule has 0 aromatic heterocycles. The third kappa shape index (κ3) is 5.19. The zero-order chi connectivity index (χ0) is 16.2. The number of hydrogen-bond acceptors (Lipinski definition) is 2. The van der Waals surface area contributed by atoms with Crippen molar-refractivity contribution in [3.63, 3.8) is 0 Å². The van der Waals surface area contributed by atoms with E-state index in [1.165, 1.54) is 6.07 Å². The average Bonchev–Trinajstić information content (AvgIpc) is 2.35.